The number of ether oxygens (including phenoxy) is 1. The lowest BCUT2D eigenvalue weighted by Crippen LogP contribution is -2.34. The Morgan fingerprint density at radius 3 is 2.88 bits per heavy atom. The van der Waals surface area contributed by atoms with Gasteiger partial charge < -0.3 is 19.9 Å². The predicted octanol–water partition coefficient (Wildman–Crippen LogP) is 0.168. The first kappa shape index (κ1) is 18.0. The molecule has 2 aromatic rings. The summed E-state index contributed by atoms with van der Waals surface area (Å²) in [6, 6.07) is 0. The number of H-pyrrole nitrogens is 1. The lowest BCUT2D eigenvalue weighted by molar-refractivity contribution is 0.0756. The third-order valence-electron chi connectivity index (χ3n) is 4.23. The molecule has 0 radical (unpaired) electrons. The second-order valence-corrected chi connectivity index (χ2v) is 6.05. The number of aryl methyl sites for hydroxylation is 1. The fourth-order valence-electron chi connectivity index (χ4n) is 2.96. The molecule has 0 unspecified atom stereocenters. The van der Waals surface area contributed by atoms with Crippen LogP contribution in [-0.2, 0) is 17.6 Å². The molecule has 0 spiro atoms. The number of carbonyl (C=O) groups is 1. The van der Waals surface area contributed by atoms with Crippen molar-refractivity contribution in [3.05, 3.63) is 45.5 Å². The maximum atomic E-state index is 12.7. The van der Waals surface area contributed by atoms with Crippen LogP contribution < -0.4 is 10.9 Å². The zero-order chi connectivity index (χ0) is 18.5. The van der Waals surface area contributed by atoms with Crippen molar-refractivity contribution in [3.63, 3.8) is 0 Å². The van der Waals surface area contributed by atoms with Crippen LogP contribution in [0.15, 0.2) is 17.2 Å². The normalized spacial score (nSPS) is 13.8. The summed E-state index contributed by atoms with van der Waals surface area (Å²) in [5.74, 6) is 1.30. The molecule has 9 heteroatoms. The molecule has 2 aromatic heterocycles. The van der Waals surface area contributed by atoms with Gasteiger partial charge in [-0.05, 0) is 13.3 Å². The van der Waals surface area contributed by atoms with Crippen LogP contribution in [0, 0.1) is 6.92 Å². The first-order chi connectivity index (χ1) is 12.6. The second-order valence-electron chi connectivity index (χ2n) is 6.05. The summed E-state index contributed by atoms with van der Waals surface area (Å²) in [5, 5.41) is 3.29. The van der Waals surface area contributed by atoms with E-state index in [1.807, 2.05) is 6.92 Å². The molecular weight excluding hydrogens is 336 g/mol. The smallest absolute Gasteiger partial charge is 0.273 e. The van der Waals surface area contributed by atoms with E-state index in [1.165, 1.54) is 6.20 Å². The number of aromatic nitrogens is 4. The van der Waals surface area contributed by atoms with Crippen LogP contribution in [0.5, 0.6) is 0 Å². The summed E-state index contributed by atoms with van der Waals surface area (Å²) in [4.78, 5) is 41.0. The summed E-state index contributed by atoms with van der Waals surface area (Å²) >= 11 is 0. The molecule has 9 nitrogen and oxygen atoms in total. The van der Waals surface area contributed by atoms with Gasteiger partial charge in [0, 0.05) is 44.9 Å². The van der Waals surface area contributed by atoms with E-state index in [2.05, 4.69) is 25.3 Å². The molecule has 0 aliphatic carbocycles. The Hall–Kier alpha value is -2.81. The van der Waals surface area contributed by atoms with Gasteiger partial charge in [0.15, 0.2) is 0 Å². The van der Waals surface area contributed by atoms with Gasteiger partial charge in [0.1, 0.15) is 17.3 Å². The first-order valence-electron chi connectivity index (χ1n) is 8.51. The monoisotopic (exact) mass is 358 g/mol. The molecule has 0 bridgehead atoms. The van der Waals surface area contributed by atoms with Gasteiger partial charge in [0.05, 0.1) is 18.5 Å². The van der Waals surface area contributed by atoms with Gasteiger partial charge in [-0.25, -0.2) is 15.0 Å². The van der Waals surface area contributed by atoms with Crippen LogP contribution in [0.25, 0.3) is 0 Å². The SMILES string of the molecule is COCCNc1nc(C)nc2c1CCN(C(=O)c1c[nH]c(=O)cn1)CC2. The minimum atomic E-state index is -0.331. The highest BCUT2D eigenvalue weighted by Gasteiger charge is 2.23. The minimum absolute atomic E-state index is 0.201. The highest BCUT2D eigenvalue weighted by molar-refractivity contribution is 5.92. The number of amides is 1. The Labute approximate surface area is 150 Å². The standard InChI is InChI=1S/C17H22N6O3/c1-11-21-13-4-7-23(17(25)14-9-20-15(24)10-19-14)6-3-12(13)16(22-11)18-5-8-26-2/h9-10H,3-8H2,1-2H3,(H,20,24)(H,18,21,22). The molecule has 0 atom stereocenters. The van der Waals surface area contributed by atoms with E-state index in [9.17, 15) is 9.59 Å². The first-order valence-corrected chi connectivity index (χ1v) is 8.51. The van der Waals surface area contributed by atoms with E-state index < -0.39 is 0 Å². The zero-order valence-corrected chi connectivity index (χ0v) is 14.9. The van der Waals surface area contributed by atoms with Crippen LogP contribution in [0.1, 0.15) is 27.6 Å². The van der Waals surface area contributed by atoms with Crippen molar-refractivity contribution in [2.45, 2.75) is 19.8 Å². The van der Waals surface area contributed by atoms with Crippen LogP contribution in [0.2, 0.25) is 0 Å². The van der Waals surface area contributed by atoms with E-state index >= 15 is 0 Å². The second kappa shape index (κ2) is 8.05. The van der Waals surface area contributed by atoms with Crippen molar-refractivity contribution in [1.82, 2.24) is 24.8 Å². The fraction of sp³-hybridized carbons (Fsp3) is 0.471. The van der Waals surface area contributed by atoms with Gasteiger partial charge >= 0.3 is 0 Å². The number of hydrogen-bond acceptors (Lipinski definition) is 7. The lowest BCUT2D eigenvalue weighted by Gasteiger charge is -2.19. The number of carbonyl (C=O) groups excluding carboxylic acids is 1. The average molecular weight is 358 g/mol. The summed E-state index contributed by atoms with van der Waals surface area (Å²) in [5.41, 5.74) is 1.90. The van der Waals surface area contributed by atoms with Gasteiger partial charge in [-0.2, -0.15) is 0 Å². The van der Waals surface area contributed by atoms with Gasteiger partial charge in [0.25, 0.3) is 11.5 Å². The van der Waals surface area contributed by atoms with E-state index in [1.54, 1.807) is 12.0 Å². The number of aromatic amines is 1. The molecule has 0 fully saturated rings. The van der Waals surface area contributed by atoms with Crippen molar-refractivity contribution in [2.75, 3.05) is 38.7 Å². The van der Waals surface area contributed by atoms with E-state index in [-0.39, 0.29) is 17.2 Å². The minimum Gasteiger partial charge on any atom is -0.383 e. The largest absolute Gasteiger partial charge is 0.383 e. The average Bonchev–Trinajstić information content (AvgIpc) is 2.84. The molecule has 3 rings (SSSR count). The maximum absolute atomic E-state index is 12.7. The number of nitrogens with one attached hydrogen (secondary N) is 2. The Kier molecular flexibility index (Phi) is 5.57. The molecule has 26 heavy (non-hydrogen) atoms. The third-order valence-corrected chi connectivity index (χ3v) is 4.23. The van der Waals surface area contributed by atoms with Crippen LogP contribution in [0.3, 0.4) is 0 Å². The molecule has 1 amide bonds. The molecule has 138 valence electrons. The number of anilines is 1. The molecule has 0 saturated carbocycles. The van der Waals surface area contributed by atoms with Crippen LogP contribution in [0.4, 0.5) is 5.82 Å². The van der Waals surface area contributed by atoms with Crippen molar-refractivity contribution < 1.29 is 9.53 Å². The summed E-state index contributed by atoms with van der Waals surface area (Å²) < 4.78 is 5.08. The van der Waals surface area contributed by atoms with E-state index in [0.29, 0.717) is 44.9 Å². The number of rotatable bonds is 5. The summed E-state index contributed by atoms with van der Waals surface area (Å²) in [7, 11) is 1.65. The molecule has 2 N–H and O–H groups in total. The molecular formula is C17H22N6O3. The Balaban J connectivity index is 1.77. The highest BCUT2D eigenvalue weighted by Crippen LogP contribution is 2.22. The van der Waals surface area contributed by atoms with Crippen molar-refractivity contribution >= 4 is 11.7 Å². The Bertz CT molecular complexity index is 830. The molecule has 1 aliphatic rings. The Morgan fingerprint density at radius 2 is 2.15 bits per heavy atom. The van der Waals surface area contributed by atoms with Crippen LogP contribution in [-0.4, -0.2) is 64.1 Å². The predicted molar refractivity (Wildman–Crippen MR) is 95.3 cm³/mol. The highest BCUT2D eigenvalue weighted by atomic mass is 16.5. The van der Waals surface area contributed by atoms with E-state index in [0.717, 1.165) is 23.3 Å². The number of fused-ring (bicyclic) bond motifs is 1. The van der Waals surface area contributed by atoms with E-state index in [4.69, 9.17) is 4.74 Å². The third kappa shape index (κ3) is 4.05. The van der Waals surface area contributed by atoms with Crippen molar-refractivity contribution in [2.24, 2.45) is 0 Å². The molecule has 1 aliphatic heterocycles. The number of hydrogen-bond donors (Lipinski definition) is 2. The molecule has 0 aromatic carbocycles. The molecule has 3 heterocycles. The lowest BCUT2D eigenvalue weighted by atomic mass is 10.1. The van der Waals surface area contributed by atoms with Crippen molar-refractivity contribution in [1.29, 1.82) is 0 Å². The van der Waals surface area contributed by atoms with Gasteiger partial charge in [0.2, 0.25) is 0 Å². The molecule has 0 saturated heterocycles. The fourth-order valence-corrected chi connectivity index (χ4v) is 2.96. The quantitative estimate of drug-likeness (QED) is 0.732. The Morgan fingerprint density at radius 1 is 1.35 bits per heavy atom. The number of methoxy groups -OCH3 is 1. The maximum Gasteiger partial charge on any atom is 0.273 e. The topological polar surface area (TPSA) is 113 Å². The van der Waals surface area contributed by atoms with Gasteiger partial charge in [-0.1, -0.05) is 0 Å². The van der Waals surface area contributed by atoms with Crippen LogP contribution >= 0.6 is 0 Å². The zero-order valence-electron chi connectivity index (χ0n) is 14.9. The summed E-state index contributed by atoms with van der Waals surface area (Å²) in [6.45, 7) is 4.18. The summed E-state index contributed by atoms with van der Waals surface area (Å²) in [6.07, 6.45) is 3.77. The van der Waals surface area contributed by atoms with Crippen molar-refractivity contribution in [3.8, 4) is 0 Å². The van der Waals surface area contributed by atoms with Gasteiger partial charge in [-0.15, -0.1) is 0 Å². The number of nitrogens with zero attached hydrogens (tertiary/aromatic N) is 4. The van der Waals surface area contributed by atoms with Gasteiger partial charge in [-0.3, -0.25) is 9.59 Å².